The maximum absolute atomic E-state index is 12.4. The number of hydrogen-bond donors (Lipinski definition) is 1. The summed E-state index contributed by atoms with van der Waals surface area (Å²) < 4.78 is 5.69. The minimum atomic E-state index is -0.506. The van der Waals surface area contributed by atoms with Gasteiger partial charge in [0.05, 0.1) is 5.69 Å². The molecule has 1 aliphatic rings. The number of carbonyl (C=O) groups excluding carboxylic acids is 1. The van der Waals surface area contributed by atoms with Crippen LogP contribution in [0.4, 0.5) is 5.69 Å². The molecule has 1 heterocycles. The van der Waals surface area contributed by atoms with E-state index in [9.17, 15) is 4.79 Å². The van der Waals surface area contributed by atoms with Crippen molar-refractivity contribution in [2.24, 2.45) is 0 Å². The van der Waals surface area contributed by atoms with Crippen LogP contribution in [-0.2, 0) is 11.2 Å². The number of carbonyl (C=O) groups is 1. The van der Waals surface area contributed by atoms with E-state index in [2.05, 4.69) is 5.32 Å². The summed E-state index contributed by atoms with van der Waals surface area (Å²) in [7, 11) is 0. The molecule has 0 aromatic heterocycles. The van der Waals surface area contributed by atoms with Crippen molar-refractivity contribution in [3.05, 3.63) is 53.1 Å². The lowest BCUT2D eigenvalue weighted by molar-refractivity contribution is -0.122. The topological polar surface area (TPSA) is 38.3 Å². The van der Waals surface area contributed by atoms with Crippen molar-refractivity contribution < 1.29 is 9.53 Å². The molecule has 1 unspecified atom stereocenters. The van der Waals surface area contributed by atoms with Crippen LogP contribution in [0.1, 0.15) is 5.56 Å². The van der Waals surface area contributed by atoms with Crippen LogP contribution in [0, 0.1) is 0 Å². The highest BCUT2D eigenvalue weighted by atomic mass is 35.5. The molecule has 1 amide bonds. The first-order valence-corrected chi connectivity index (χ1v) is 8.16. The summed E-state index contributed by atoms with van der Waals surface area (Å²) in [5.41, 5.74) is 1.79. The summed E-state index contributed by atoms with van der Waals surface area (Å²) in [6.07, 6.45) is 2.02. The number of hydrogen-bond acceptors (Lipinski definition) is 3. The lowest BCUT2D eigenvalue weighted by Crippen LogP contribution is -2.31. The molecule has 2 aromatic rings. The first-order valence-electron chi connectivity index (χ1n) is 6.56. The number of fused-ring (bicyclic) bond motifs is 1. The number of halogens is 1. The van der Waals surface area contributed by atoms with Crippen molar-refractivity contribution in [2.45, 2.75) is 17.4 Å². The number of thioether (sulfide) groups is 1. The standard InChI is InChI=1S/C16H14ClNO2S/c1-21-15-5-3-2-4-12(15)18-16(19)14-9-10-8-11(17)6-7-13(10)20-14/h2-8,14H,9H2,1H3,(H,18,19). The summed E-state index contributed by atoms with van der Waals surface area (Å²) >= 11 is 7.56. The highest BCUT2D eigenvalue weighted by Crippen LogP contribution is 2.32. The van der Waals surface area contributed by atoms with Gasteiger partial charge in [0.25, 0.3) is 5.91 Å². The van der Waals surface area contributed by atoms with Crippen LogP contribution >= 0.6 is 23.4 Å². The quantitative estimate of drug-likeness (QED) is 0.869. The van der Waals surface area contributed by atoms with Gasteiger partial charge in [0, 0.05) is 16.3 Å². The van der Waals surface area contributed by atoms with E-state index >= 15 is 0 Å². The van der Waals surface area contributed by atoms with Gasteiger partial charge in [0.2, 0.25) is 0 Å². The minimum absolute atomic E-state index is 0.135. The van der Waals surface area contributed by atoms with Crippen LogP contribution in [0.25, 0.3) is 0 Å². The molecular formula is C16H14ClNO2S. The Morgan fingerprint density at radius 3 is 2.95 bits per heavy atom. The summed E-state index contributed by atoms with van der Waals surface area (Å²) in [4.78, 5) is 13.4. The second-order valence-electron chi connectivity index (χ2n) is 4.75. The van der Waals surface area contributed by atoms with Gasteiger partial charge < -0.3 is 10.1 Å². The number of amides is 1. The maximum Gasteiger partial charge on any atom is 0.265 e. The first kappa shape index (κ1) is 14.3. The summed E-state index contributed by atoms with van der Waals surface area (Å²) in [6.45, 7) is 0. The van der Waals surface area contributed by atoms with Crippen molar-refractivity contribution in [1.82, 2.24) is 0 Å². The van der Waals surface area contributed by atoms with Crippen LogP contribution < -0.4 is 10.1 Å². The lowest BCUT2D eigenvalue weighted by atomic mass is 10.1. The monoisotopic (exact) mass is 319 g/mol. The van der Waals surface area contributed by atoms with E-state index in [1.165, 1.54) is 0 Å². The van der Waals surface area contributed by atoms with Crippen LogP contribution in [-0.4, -0.2) is 18.3 Å². The van der Waals surface area contributed by atoms with Crippen molar-refractivity contribution >= 4 is 35.0 Å². The molecule has 3 nitrogen and oxygen atoms in total. The highest BCUT2D eigenvalue weighted by molar-refractivity contribution is 7.98. The Kier molecular flexibility index (Phi) is 4.08. The molecule has 0 bridgehead atoms. The molecule has 0 spiro atoms. The Morgan fingerprint density at radius 1 is 1.33 bits per heavy atom. The van der Waals surface area contributed by atoms with Crippen molar-refractivity contribution in [3.63, 3.8) is 0 Å². The van der Waals surface area contributed by atoms with E-state index in [0.717, 1.165) is 21.9 Å². The predicted octanol–water partition coefficient (Wildman–Crippen LogP) is 4.00. The number of para-hydroxylation sites is 1. The zero-order valence-electron chi connectivity index (χ0n) is 11.4. The molecule has 21 heavy (non-hydrogen) atoms. The first-order chi connectivity index (χ1) is 10.2. The largest absolute Gasteiger partial charge is 0.480 e. The Labute approximate surface area is 132 Å². The zero-order valence-corrected chi connectivity index (χ0v) is 13.0. The van der Waals surface area contributed by atoms with Gasteiger partial charge in [-0.1, -0.05) is 23.7 Å². The fraction of sp³-hybridized carbons (Fsp3) is 0.188. The second kappa shape index (κ2) is 6.00. The zero-order chi connectivity index (χ0) is 14.8. The third-order valence-corrected chi connectivity index (χ3v) is 4.39. The fourth-order valence-electron chi connectivity index (χ4n) is 2.32. The number of ether oxygens (including phenoxy) is 1. The summed E-state index contributed by atoms with van der Waals surface area (Å²) in [5, 5.41) is 3.59. The van der Waals surface area contributed by atoms with Gasteiger partial charge in [0.15, 0.2) is 6.10 Å². The Bertz CT molecular complexity index is 690. The Hall–Kier alpha value is -1.65. The van der Waals surface area contributed by atoms with Gasteiger partial charge >= 0.3 is 0 Å². The number of rotatable bonds is 3. The molecule has 1 atom stereocenters. The molecule has 2 aromatic carbocycles. The van der Waals surface area contributed by atoms with Gasteiger partial charge in [-0.3, -0.25) is 4.79 Å². The van der Waals surface area contributed by atoms with E-state index in [1.54, 1.807) is 23.9 Å². The van der Waals surface area contributed by atoms with E-state index < -0.39 is 6.10 Å². The maximum atomic E-state index is 12.4. The van der Waals surface area contributed by atoms with E-state index in [1.807, 2.05) is 36.6 Å². The van der Waals surface area contributed by atoms with Crippen molar-refractivity contribution in [2.75, 3.05) is 11.6 Å². The van der Waals surface area contributed by atoms with Crippen molar-refractivity contribution in [3.8, 4) is 5.75 Å². The van der Waals surface area contributed by atoms with Crippen LogP contribution in [0.5, 0.6) is 5.75 Å². The van der Waals surface area contributed by atoms with E-state index in [-0.39, 0.29) is 5.91 Å². The van der Waals surface area contributed by atoms with E-state index in [0.29, 0.717) is 11.4 Å². The molecular weight excluding hydrogens is 306 g/mol. The molecule has 3 rings (SSSR count). The average molecular weight is 320 g/mol. The predicted molar refractivity (Wildman–Crippen MR) is 86.4 cm³/mol. The average Bonchev–Trinajstić information content (AvgIpc) is 2.91. The summed E-state index contributed by atoms with van der Waals surface area (Å²) in [5.74, 6) is 0.599. The Morgan fingerprint density at radius 2 is 2.14 bits per heavy atom. The van der Waals surface area contributed by atoms with Gasteiger partial charge in [-0.2, -0.15) is 0 Å². The molecule has 1 N–H and O–H groups in total. The molecule has 0 radical (unpaired) electrons. The minimum Gasteiger partial charge on any atom is -0.480 e. The number of anilines is 1. The highest BCUT2D eigenvalue weighted by Gasteiger charge is 2.29. The normalized spacial score (nSPS) is 16.2. The van der Waals surface area contributed by atoms with Crippen LogP contribution in [0.3, 0.4) is 0 Å². The number of nitrogens with one attached hydrogen (secondary N) is 1. The molecule has 108 valence electrons. The Balaban J connectivity index is 1.73. The number of benzene rings is 2. The smallest absolute Gasteiger partial charge is 0.265 e. The molecule has 0 saturated heterocycles. The molecule has 5 heteroatoms. The molecule has 0 saturated carbocycles. The fourth-order valence-corrected chi connectivity index (χ4v) is 3.07. The van der Waals surface area contributed by atoms with Crippen LogP contribution in [0.2, 0.25) is 5.02 Å². The molecule has 1 aliphatic heterocycles. The molecule has 0 fully saturated rings. The third kappa shape index (κ3) is 3.01. The SMILES string of the molecule is CSc1ccccc1NC(=O)C1Cc2cc(Cl)ccc2O1. The van der Waals surface area contributed by atoms with Gasteiger partial charge in [-0.25, -0.2) is 0 Å². The van der Waals surface area contributed by atoms with Gasteiger partial charge in [0.1, 0.15) is 5.75 Å². The van der Waals surface area contributed by atoms with E-state index in [4.69, 9.17) is 16.3 Å². The third-order valence-electron chi connectivity index (χ3n) is 3.35. The van der Waals surface area contributed by atoms with Crippen molar-refractivity contribution in [1.29, 1.82) is 0 Å². The molecule has 0 aliphatic carbocycles. The van der Waals surface area contributed by atoms with Gasteiger partial charge in [-0.15, -0.1) is 11.8 Å². The van der Waals surface area contributed by atoms with Crippen LogP contribution in [0.15, 0.2) is 47.4 Å². The summed E-state index contributed by atoms with van der Waals surface area (Å²) in [6, 6.07) is 13.1. The lowest BCUT2D eigenvalue weighted by Gasteiger charge is -2.13. The second-order valence-corrected chi connectivity index (χ2v) is 6.04. The van der Waals surface area contributed by atoms with Gasteiger partial charge in [-0.05, 0) is 42.2 Å².